The Morgan fingerprint density at radius 2 is 1.83 bits per heavy atom. The summed E-state index contributed by atoms with van der Waals surface area (Å²) < 4.78 is 27.2. The smallest absolute Gasteiger partial charge is 0.165 e. The lowest BCUT2D eigenvalue weighted by Gasteiger charge is -2.13. The van der Waals surface area contributed by atoms with Gasteiger partial charge in [0.2, 0.25) is 0 Å². The standard InChI is InChI=1S/C14H13F2NO/c1-8-5-10(7-17-6-8)14(18)11-4-3-9(2)12(15)13(11)16/h3-7,14,18H,1-2H3. The van der Waals surface area contributed by atoms with Gasteiger partial charge in [0.15, 0.2) is 11.6 Å². The molecule has 18 heavy (non-hydrogen) atoms. The van der Waals surface area contributed by atoms with Gasteiger partial charge in [0.1, 0.15) is 6.10 Å². The molecular formula is C14H13F2NO. The van der Waals surface area contributed by atoms with E-state index in [0.717, 1.165) is 5.56 Å². The van der Waals surface area contributed by atoms with Gasteiger partial charge in [-0.3, -0.25) is 4.98 Å². The molecule has 2 aromatic rings. The Balaban J connectivity index is 2.46. The number of halogens is 2. The first-order valence-electron chi connectivity index (χ1n) is 5.55. The monoisotopic (exact) mass is 249 g/mol. The molecule has 1 N–H and O–H groups in total. The average Bonchev–Trinajstić information content (AvgIpc) is 2.35. The number of aromatic nitrogens is 1. The van der Waals surface area contributed by atoms with E-state index in [4.69, 9.17) is 0 Å². The molecule has 0 fully saturated rings. The molecule has 1 aromatic heterocycles. The Morgan fingerprint density at radius 3 is 2.50 bits per heavy atom. The van der Waals surface area contributed by atoms with Crippen molar-refractivity contribution in [2.75, 3.05) is 0 Å². The van der Waals surface area contributed by atoms with E-state index in [1.807, 2.05) is 6.92 Å². The van der Waals surface area contributed by atoms with Gasteiger partial charge in [-0.15, -0.1) is 0 Å². The highest BCUT2D eigenvalue weighted by Gasteiger charge is 2.19. The molecule has 1 unspecified atom stereocenters. The SMILES string of the molecule is Cc1cncc(C(O)c2ccc(C)c(F)c2F)c1. The third kappa shape index (κ3) is 2.24. The second kappa shape index (κ2) is 4.82. The highest BCUT2D eigenvalue weighted by atomic mass is 19.2. The normalized spacial score (nSPS) is 12.5. The van der Waals surface area contributed by atoms with Gasteiger partial charge in [-0.25, -0.2) is 8.78 Å². The zero-order valence-electron chi connectivity index (χ0n) is 10.1. The highest BCUT2D eigenvalue weighted by molar-refractivity contribution is 5.33. The molecule has 2 nitrogen and oxygen atoms in total. The number of nitrogens with zero attached hydrogens (tertiary/aromatic N) is 1. The van der Waals surface area contributed by atoms with Crippen LogP contribution in [-0.4, -0.2) is 10.1 Å². The van der Waals surface area contributed by atoms with E-state index in [1.165, 1.54) is 25.3 Å². The van der Waals surface area contributed by atoms with Gasteiger partial charge in [0.05, 0.1) is 0 Å². The number of aliphatic hydroxyl groups is 1. The molecule has 0 aliphatic carbocycles. The van der Waals surface area contributed by atoms with Crippen LogP contribution in [0.1, 0.15) is 28.4 Å². The molecule has 0 aliphatic rings. The van der Waals surface area contributed by atoms with Gasteiger partial charge in [0, 0.05) is 23.5 Å². The van der Waals surface area contributed by atoms with Crippen molar-refractivity contribution in [1.82, 2.24) is 4.98 Å². The number of rotatable bonds is 2. The Hall–Kier alpha value is -1.81. The van der Waals surface area contributed by atoms with Crippen molar-refractivity contribution in [3.63, 3.8) is 0 Å². The van der Waals surface area contributed by atoms with Crippen LogP contribution in [0.3, 0.4) is 0 Å². The lowest BCUT2D eigenvalue weighted by atomic mass is 10.00. The lowest BCUT2D eigenvalue weighted by molar-refractivity contribution is 0.212. The zero-order chi connectivity index (χ0) is 13.3. The van der Waals surface area contributed by atoms with Crippen molar-refractivity contribution in [2.45, 2.75) is 20.0 Å². The molecule has 0 amide bonds. The van der Waals surface area contributed by atoms with E-state index in [-0.39, 0.29) is 11.1 Å². The molecule has 0 spiro atoms. The van der Waals surface area contributed by atoms with Crippen LogP contribution in [-0.2, 0) is 0 Å². The summed E-state index contributed by atoms with van der Waals surface area (Å²) in [6.45, 7) is 3.29. The van der Waals surface area contributed by atoms with E-state index in [0.29, 0.717) is 5.56 Å². The summed E-state index contributed by atoms with van der Waals surface area (Å²) in [5.74, 6) is -1.93. The number of aliphatic hydroxyl groups excluding tert-OH is 1. The number of hydrogen-bond donors (Lipinski definition) is 1. The Labute approximate surface area is 104 Å². The predicted octanol–water partition coefficient (Wildman–Crippen LogP) is 3.06. The Bertz CT molecular complexity index is 584. The van der Waals surface area contributed by atoms with Gasteiger partial charge >= 0.3 is 0 Å². The summed E-state index contributed by atoms with van der Waals surface area (Å²) in [5, 5.41) is 10.1. The Morgan fingerprint density at radius 1 is 1.11 bits per heavy atom. The maximum Gasteiger partial charge on any atom is 0.165 e. The molecule has 4 heteroatoms. The first-order chi connectivity index (χ1) is 8.50. The van der Waals surface area contributed by atoms with Crippen LogP contribution in [0, 0.1) is 25.5 Å². The number of benzene rings is 1. The van der Waals surface area contributed by atoms with Gasteiger partial charge < -0.3 is 5.11 Å². The van der Waals surface area contributed by atoms with E-state index < -0.39 is 17.7 Å². The minimum absolute atomic E-state index is 0.0782. The van der Waals surface area contributed by atoms with Crippen LogP contribution >= 0.6 is 0 Å². The van der Waals surface area contributed by atoms with Gasteiger partial charge in [-0.2, -0.15) is 0 Å². The third-order valence-electron chi connectivity index (χ3n) is 2.81. The van der Waals surface area contributed by atoms with Crippen molar-refractivity contribution in [3.05, 3.63) is 64.5 Å². The molecule has 0 saturated heterocycles. The van der Waals surface area contributed by atoms with Crippen LogP contribution in [0.5, 0.6) is 0 Å². The zero-order valence-corrected chi connectivity index (χ0v) is 10.1. The summed E-state index contributed by atoms with van der Waals surface area (Å²) in [4.78, 5) is 3.92. The topological polar surface area (TPSA) is 33.1 Å². The molecule has 2 rings (SSSR count). The lowest BCUT2D eigenvalue weighted by Crippen LogP contribution is -2.06. The second-order valence-electron chi connectivity index (χ2n) is 4.30. The van der Waals surface area contributed by atoms with Crippen molar-refractivity contribution < 1.29 is 13.9 Å². The molecular weight excluding hydrogens is 236 g/mol. The minimum Gasteiger partial charge on any atom is -0.383 e. The summed E-state index contributed by atoms with van der Waals surface area (Å²) in [6, 6.07) is 4.52. The summed E-state index contributed by atoms with van der Waals surface area (Å²) in [6.07, 6.45) is 1.85. The van der Waals surface area contributed by atoms with E-state index in [9.17, 15) is 13.9 Å². The molecule has 1 heterocycles. The maximum absolute atomic E-state index is 13.7. The van der Waals surface area contributed by atoms with Crippen LogP contribution < -0.4 is 0 Å². The first kappa shape index (κ1) is 12.6. The van der Waals surface area contributed by atoms with Crippen molar-refractivity contribution in [1.29, 1.82) is 0 Å². The molecule has 0 aliphatic heterocycles. The van der Waals surface area contributed by atoms with Crippen LogP contribution in [0.25, 0.3) is 0 Å². The molecule has 94 valence electrons. The average molecular weight is 249 g/mol. The minimum atomic E-state index is -1.22. The quantitative estimate of drug-likeness (QED) is 0.887. The van der Waals surface area contributed by atoms with Gasteiger partial charge in [-0.1, -0.05) is 18.2 Å². The molecule has 0 radical (unpaired) electrons. The van der Waals surface area contributed by atoms with Crippen LogP contribution in [0.15, 0.2) is 30.6 Å². The number of aryl methyl sites for hydroxylation is 2. The van der Waals surface area contributed by atoms with Crippen LogP contribution in [0.4, 0.5) is 8.78 Å². The highest BCUT2D eigenvalue weighted by Crippen LogP contribution is 2.26. The number of hydrogen-bond acceptors (Lipinski definition) is 2. The largest absolute Gasteiger partial charge is 0.383 e. The summed E-state index contributed by atoms with van der Waals surface area (Å²) in [5.41, 5.74) is 1.42. The maximum atomic E-state index is 13.7. The van der Waals surface area contributed by atoms with Crippen molar-refractivity contribution >= 4 is 0 Å². The Kier molecular flexibility index (Phi) is 3.39. The predicted molar refractivity (Wildman–Crippen MR) is 64.1 cm³/mol. The summed E-state index contributed by atoms with van der Waals surface area (Å²) >= 11 is 0. The van der Waals surface area contributed by atoms with Crippen molar-refractivity contribution in [3.8, 4) is 0 Å². The second-order valence-corrected chi connectivity index (χ2v) is 4.30. The number of pyridine rings is 1. The molecule has 1 aromatic carbocycles. The fourth-order valence-corrected chi connectivity index (χ4v) is 1.78. The van der Waals surface area contributed by atoms with E-state index in [2.05, 4.69) is 4.98 Å². The summed E-state index contributed by atoms with van der Waals surface area (Å²) in [7, 11) is 0. The van der Waals surface area contributed by atoms with Gasteiger partial charge in [0.25, 0.3) is 0 Å². The van der Waals surface area contributed by atoms with E-state index in [1.54, 1.807) is 12.3 Å². The third-order valence-corrected chi connectivity index (χ3v) is 2.81. The molecule has 0 saturated carbocycles. The van der Waals surface area contributed by atoms with Gasteiger partial charge in [-0.05, 0) is 25.0 Å². The van der Waals surface area contributed by atoms with Crippen molar-refractivity contribution in [2.24, 2.45) is 0 Å². The first-order valence-corrected chi connectivity index (χ1v) is 5.55. The molecule has 0 bridgehead atoms. The molecule has 1 atom stereocenters. The fraction of sp³-hybridized carbons (Fsp3) is 0.214. The van der Waals surface area contributed by atoms with Crippen LogP contribution in [0.2, 0.25) is 0 Å². The fourth-order valence-electron chi connectivity index (χ4n) is 1.78. The van der Waals surface area contributed by atoms with E-state index >= 15 is 0 Å².